The van der Waals surface area contributed by atoms with E-state index < -0.39 is 39.5 Å². The Balaban J connectivity index is 0.00000289. The average molecular weight is 300 g/mol. The molecule has 0 fully saturated rings. The molecule has 1 atom stereocenters. The van der Waals surface area contributed by atoms with E-state index in [4.69, 9.17) is 0 Å². The SMILES string of the molecule is O=S([O-])c1cc(C(F)(F)F)cc(C(F)(F)F)c1.[Na+]. The maximum absolute atomic E-state index is 12.2. The average Bonchev–Trinajstić information content (AvgIpc) is 2.14. The van der Waals surface area contributed by atoms with E-state index in [1.54, 1.807) is 0 Å². The monoisotopic (exact) mass is 300 g/mol. The van der Waals surface area contributed by atoms with Gasteiger partial charge in [0.25, 0.3) is 0 Å². The quantitative estimate of drug-likeness (QED) is 0.415. The van der Waals surface area contributed by atoms with Crippen molar-refractivity contribution in [1.29, 1.82) is 0 Å². The molecule has 1 unspecified atom stereocenters. The summed E-state index contributed by atoms with van der Waals surface area (Å²) >= 11 is -3.17. The van der Waals surface area contributed by atoms with Crippen LogP contribution in [0.3, 0.4) is 0 Å². The summed E-state index contributed by atoms with van der Waals surface area (Å²) in [6.45, 7) is 0. The molecule has 0 aliphatic heterocycles. The van der Waals surface area contributed by atoms with E-state index in [1.165, 1.54) is 0 Å². The number of hydrogen-bond acceptors (Lipinski definition) is 2. The standard InChI is InChI=1S/C8H4F6O2S.Na/c9-7(10,11)4-1-5(8(12,13)14)3-6(2-4)17(15)16;/h1-3H,(H,15,16);/q;+1/p-1. The smallest absolute Gasteiger partial charge is 0.768 e. The van der Waals surface area contributed by atoms with Gasteiger partial charge in [-0.2, -0.15) is 26.3 Å². The van der Waals surface area contributed by atoms with Crippen molar-refractivity contribution in [3.8, 4) is 0 Å². The van der Waals surface area contributed by atoms with Crippen LogP contribution in [0.4, 0.5) is 26.3 Å². The van der Waals surface area contributed by atoms with Gasteiger partial charge in [0.05, 0.1) is 11.1 Å². The van der Waals surface area contributed by atoms with Crippen LogP contribution in [0.5, 0.6) is 0 Å². The molecule has 0 N–H and O–H groups in total. The second-order valence-corrected chi connectivity index (χ2v) is 3.92. The van der Waals surface area contributed by atoms with E-state index >= 15 is 0 Å². The van der Waals surface area contributed by atoms with Crippen molar-refractivity contribution in [2.45, 2.75) is 17.2 Å². The van der Waals surface area contributed by atoms with Crippen LogP contribution in [0.2, 0.25) is 0 Å². The van der Waals surface area contributed by atoms with Crippen molar-refractivity contribution in [2.24, 2.45) is 0 Å². The van der Waals surface area contributed by atoms with Crippen LogP contribution in [0, 0.1) is 0 Å². The van der Waals surface area contributed by atoms with E-state index in [2.05, 4.69) is 0 Å². The first-order chi connectivity index (χ1) is 7.51. The molecule has 0 heterocycles. The zero-order valence-electron chi connectivity index (χ0n) is 8.72. The topological polar surface area (TPSA) is 40.1 Å². The van der Waals surface area contributed by atoms with E-state index in [9.17, 15) is 35.1 Å². The number of halogens is 6. The molecule has 0 saturated carbocycles. The number of benzene rings is 1. The van der Waals surface area contributed by atoms with Gasteiger partial charge >= 0.3 is 41.9 Å². The molecule has 1 rings (SSSR count). The molecule has 0 saturated heterocycles. The number of alkyl halides is 6. The predicted molar refractivity (Wildman–Crippen MR) is 43.6 cm³/mol. The first kappa shape index (κ1) is 17.9. The Morgan fingerprint density at radius 1 is 0.889 bits per heavy atom. The number of hydrogen-bond donors (Lipinski definition) is 0. The summed E-state index contributed by atoms with van der Waals surface area (Å²) in [5, 5.41) is 0. The largest absolute Gasteiger partial charge is 1.00 e. The summed E-state index contributed by atoms with van der Waals surface area (Å²) in [7, 11) is 0. The van der Waals surface area contributed by atoms with Crippen LogP contribution in [-0.2, 0) is 23.4 Å². The Morgan fingerprint density at radius 2 is 1.22 bits per heavy atom. The minimum absolute atomic E-state index is 0. The molecule has 0 aromatic heterocycles. The van der Waals surface area contributed by atoms with Gasteiger partial charge in [-0.3, -0.25) is 4.21 Å². The second kappa shape index (κ2) is 5.91. The van der Waals surface area contributed by atoms with E-state index in [0.717, 1.165) is 0 Å². The van der Waals surface area contributed by atoms with Gasteiger partial charge < -0.3 is 4.55 Å². The third-order valence-electron chi connectivity index (χ3n) is 1.75. The fourth-order valence-electron chi connectivity index (χ4n) is 1.02. The Kier molecular flexibility index (Phi) is 5.88. The molecule has 0 aliphatic rings. The summed E-state index contributed by atoms with van der Waals surface area (Å²) in [6, 6.07) is 0.132. The van der Waals surface area contributed by atoms with Crippen LogP contribution in [-0.4, -0.2) is 8.76 Å². The van der Waals surface area contributed by atoms with Crippen molar-refractivity contribution in [3.63, 3.8) is 0 Å². The summed E-state index contributed by atoms with van der Waals surface area (Å²) in [5.41, 5.74) is -3.32. The van der Waals surface area contributed by atoms with Crippen LogP contribution >= 0.6 is 0 Å². The van der Waals surface area contributed by atoms with Crippen molar-refractivity contribution >= 4 is 11.1 Å². The zero-order chi connectivity index (χ0) is 13.4. The van der Waals surface area contributed by atoms with Gasteiger partial charge in [-0.25, -0.2) is 0 Å². The van der Waals surface area contributed by atoms with Gasteiger partial charge in [-0.15, -0.1) is 0 Å². The molecule has 0 aliphatic carbocycles. The van der Waals surface area contributed by atoms with Gasteiger partial charge in [-0.1, -0.05) is 0 Å². The van der Waals surface area contributed by atoms with Gasteiger partial charge in [-0.05, 0) is 29.3 Å². The Hall–Kier alpha value is -0.0900. The molecular formula is C8H3F6NaO2S. The molecule has 0 bridgehead atoms. The molecular weight excluding hydrogens is 297 g/mol. The maximum atomic E-state index is 12.2. The molecule has 0 spiro atoms. The Bertz CT molecular complexity index is 424. The fourth-order valence-corrected chi connectivity index (χ4v) is 1.47. The Morgan fingerprint density at radius 3 is 1.44 bits per heavy atom. The van der Waals surface area contributed by atoms with Crippen molar-refractivity contribution in [1.82, 2.24) is 0 Å². The second-order valence-electron chi connectivity index (χ2n) is 2.98. The molecule has 2 nitrogen and oxygen atoms in total. The van der Waals surface area contributed by atoms with Crippen LogP contribution in [0.25, 0.3) is 0 Å². The third kappa shape index (κ3) is 4.54. The summed E-state index contributed by atoms with van der Waals surface area (Å²) in [6.07, 6.45) is -10.1. The predicted octanol–water partition coefficient (Wildman–Crippen LogP) is -0.0338. The van der Waals surface area contributed by atoms with Crippen LogP contribution < -0.4 is 29.6 Å². The first-order valence-corrected chi connectivity index (χ1v) is 4.98. The van der Waals surface area contributed by atoms with Crippen molar-refractivity contribution < 1.29 is 64.7 Å². The van der Waals surface area contributed by atoms with Gasteiger partial charge in [0.15, 0.2) is 0 Å². The summed E-state index contributed by atoms with van der Waals surface area (Å²) in [5.74, 6) is 0. The molecule has 10 heteroatoms. The zero-order valence-corrected chi connectivity index (χ0v) is 11.5. The van der Waals surface area contributed by atoms with Gasteiger partial charge in [0.1, 0.15) is 0 Å². The summed E-state index contributed by atoms with van der Waals surface area (Å²) in [4.78, 5) is -1.06. The molecule has 1 aromatic carbocycles. The first-order valence-electron chi connectivity index (χ1n) is 3.90. The van der Waals surface area contributed by atoms with E-state index in [1.807, 2.05) is 0 Å². The fraction of sp³-hybridized carbons (Fsp3) is 0.250. The molecule has 1 aromatic rings. The van der Waals surface area contributed by atoms with E-state index in [0.29, 0.717) is 0 Å². The van der Waals surface area contributed by atoms with Gasteiger partial charge in [0.2, 0.25) is 0 Å². The molecule has 18 heavy (non-hydrogen) atoms. The minimum Gasteiger partial charge on any atom is -0.768 e. The number of rotatable bonds is 1. The molecule has 0 amide bonds. The van der Waals surface area contributed by atoms with Gasteiger partial charge in [0, 0.05) is 4.90 Å². The van der Waals surface area contributed by atoms with E-state index in [-0.39, 0.29) is 47.8 Å². The van der Waals surface area contributed by atoms with Crippen molar-refractivity contribution in [3.05, 3.63) is 29.3 Å². The summed E-state index contributed by atoms with van der Waals surface area (Å²) < 4.78 is 94.2. The maximum Gasteiger partial charge on any atom is 1.00 e. The normalized spacial score (nSPS) is 13.9. The molecule has 0 radical (unpaired) electrons. The third-order valence-corrected chi connectivity index (χ3v) is 2.37. The van der Waals surface area contributed by atoms with Crippen LogP contribution in [0.15, 0.2) is 23.1 Å². The minimum atomic E-state index is -5.05. The van der Waals surface area contributed by atoms with Crippen molar-refractivity contribution in [2.75, 3.05) is 0 Å². The molecule has 96 valence electrons. The Labute approximate surface area is 122 Å². The van der Waals surface area contributed by atoms with Crippen LogP contribution in [0.1, 0.15) is 11.1 Å².